The normalized spacial score (nSPS) is 11.1. The van der Waals surface area contributed by atoms with E-state index in [9.17, 15) is 9.59 Å². The van der Waals surface area contributed by atoms with Crippen molar-refractivity contribution >= 4 is 11.9 Å². The fourth-order valence-electron chi connectivity index (χ4n) is 1.22. The fourth-order valence-corrected chi connectivity index (χ4v) is 1.22. The summed E-state index contributed by atoms with van der Waals surface area (Å²) in [4.78, 5) is 24.2. The van der Waals surface area contributed by atoms with E-state index in [0.29, 0.717) is 0 Å². The molecule has 0 aliphatic carbocycles. The molecule has 82 valence electrons. The summed E-state index contributed by atoms with van der Waals surface area (Å²) in [7, 11) is 0. The van der Waals surface area contributed by atoms with Crippen LogP contribution in [-0.4, -0.2) is 28.5 Å². The third-order valence-corrected chi connectivity index (χ3v) is 2.21. The molecule has 0 bridgehead atoms. The summed E-state index contributed by atoms with van der Waals surface area (Å²) in [5, 5.41) is 10.7. The van der Waals surface area contributed by atoms with Gasteiger partial charge in [-0.05, 0) is 12.1 Å². The van der Waals surface area contributed by atoms with Crippen LogP contribution in [0.2, 0.25) is 0 Å². The second-order valence-electron chi connectivity index (χ2n) is 3.96. The molecular formula is C10H14N2O3. The molecule has 0 saturated carbocycles. The SMILES string of the molecule is CC(C)(CNC(=O)C(=O)O)c1ccc[nH]1. The lowest BCUT2D eigenvalue weighted by atomic mass is 9.89. The minimum Gasteiger partial charge on any atom is -0.474 e. The van der Waals surface area contributed by atoms with Crippen molar-refractivity contribution < 1.29 is 14.7 Å². The molecule has 0 fully saturated rings. The molecule has 0 aliphatic heterocycles. The first-order valence-electron chi connectivity index (χ1n) is 4.58. The van der Waals surface area contributed by atoms with Crippen molar-refractivity contribution in [2.45, 2.75) is 19.3 Å². The molecule has 1 aromatic heterocycles. The van der Waals surface area contributed by atoms with E-state index in [1.54, 1.807) is 6.20 Å². The van der Waals surface area contributed by atoms with E-state index in [1.807, 2.05) is 26.0 Å². The Bertz CT molecular complexity index is 355. The molecule has 0 saturated heterocycles. The van der Waals surface area contributed by atoms with E-state index in [4.69, 9.17) is 5.11 Å². The minimum atomic E-state index is -1.46. The molecular weight excluding hydrogens is 196 g/mol. The number of aromatic nitrogens is 1. The van der Waals surface area contributed by atoms with Crippen LogP contribution in [0.1, 0.15) is 19.5 Å². The van der Waals surface area contributed by atoms with Gasteiger partial charge in [0.2, 0.25) is 0 Å². The third kappa shape index (κ3) is 2.83. The molecule has 0 spiro atoms. The maximum Gasteiger partial charge on any atom is 0.394 e. The molecule has 0 aliphatic rings. The van der Waals surface area contributed by atoms with Crippen molar-refractivity contribution in [2.75, 3.05) is 6.54 Å². The largest absolute Gasteiger partial charge is 0.474 e. The summed E-state index contributed by atoms with van der Waals surface area (Å²) in [6.45, 7) is 4.11. The second kappa shape index (κ2) is 4.16. The van der Waals surface area contributed by atoms with Crippen molar-refractivity contribution in [3.8, 4) is 0 Å². The van der Waals surface area contributed by atoms with Crippen LogP contribution < -0.4 is 5.32 Å². The van der Waals surface area contributed by atoms with Crippen molar-refractivity contribution in [1.29, 1.82) is 0 Å². The number of amides is 1. The number of carboxylic acid groups (broad SMARTS) is 1. The number of hydrogen-bond donors (Lipinski definition) is 3. The van der Waals surface area contributed by atoms with Gasteiger partial charge in [-0.2, -0.15) is 0 Å². The fraction of sp³-hybridized carbons (Fsp3) is 0.400. The topological polar surface area (TPSA) is 82.2 Å². The lowest BCUT2D eigenvalue weighted by molar-refractivity contribution is -0.150. The molecule has 1 rings (SSSR count). The summed E-state index contributed by atoms with van der Waals surface area (Å²) in [5.74, 6) is -2.44. The van der Waals surface area contributed by atoms with E-state index in [-0.39, 0.29) is 12.0 Å². The maximum absolute atomic E-state index is 10.8. The number of rotatable bonds is 3. The van der Waals surface area contributed by atoms with Gasteiger partial charge in [0.05, 0.1) is 0 Å². The molecule has 3 N–H and O–H groups in total. The van der Waals surface area contributed by atoms with E-state index < -0.39 is 11.9 Å². The Morgan fingerprint density at radius 3 is 2.67 bits per heavy atom. The molecule has 5 heteroatoms. The van der Waals surface area contributed by atoms with Crippen LogP contribution in [0, 0.1) is 0 Å². The Labute approximate surface area is 87.5 Å². The standard InChI is InChI=1S/C10H14N2O3/c1-10(2,7-4-3-5-11-7)6-12-8(13)9(14)15/h3-5,11H,6H2,1-2H3,(H,12,13)(H,14,15). The molecule has 1 heterocycles. The molecule has 1 amide bonds. The van der Waals surface area contributed by atoms with Gasteiger partial charge in [0, 0.05) is 23.9 Å². The Kier molecular flexibility index (Phi) is 3.14. The van der Waals surface area contributed by atoms with Crippen molar-refractivity contribution in [2.24, 2.45) is 0 Å². The van der Waals surface area contributed by atoms with Gasteiger partial charge in [0.15, 0.2) is 0 Å². The Hall–Kier alpha value is -1.78. The lowest BCUT2D eigenvalue weighted by Gasteiger charge is -2.23. The van der Waals surface area contributed by atoms with Crippen LogP contribution in [0.5, 0.6) is 0 Å². The summed E-state index contributed by atoms with van der Waals surface area (Å²) in [5.41, 5.74) is 0.641. The van der Waals surface area contributed by atoms with Crippen molar-refractivity contribution in [3.63, 3.8) is 0 Å². The second-order valence-corrected chi connectivity index (χ2v) is 3.96. The van der Waals surface area contributed by atoms with Gasteiger partial charge in [0.1, 0.15) is 0 Å². The first-order valence-corrected chi connectivity index (χ1v) is 4.58. The van der Waals surface area contributed by atoms with Gasteiger partial charge in [-0.15, -0.1) is 0 Å². The predicted octanol–water partition coefficient (Wildman–Crippen LogP) is 0.493. The highest BCUT2D eigenvalue weighted by Crippen LogP contribution is 2.19. The quantitative estimate of drug-likeness (QED) is 0.635. The summed E-state index contributed by atoms with van der Waals surface area (Å²) < 4.78 is 0. The number of carboxylic acids is 1. The Morgan fingerprint density at radius 1 is 1.53 bits per heavy atom. The van der Waals surface area contributed by atoms with Gasteiger partial charge in [-0.25, -0.2) is 4.79 Å². The van der Waals surface area contributed by atoms with Crippen molar-refractivity contribution in [1.82, 2.24) is 10.3 Å². The highest BCUT2D eigenvalue weighted by molar-refractivity contribution is 6.31. The van der Waals surface area contributed by atoms with Crippen LogP contribution in [-0.2, 0) is 15.0 Å². The summed E-state index contributed by atoms with van der Waals surface area (Å²) in [6.07, 6.45) is 1.79. The first-order chi connectivity index (χ1) is 6.93. The summed E-state index contributed by atoms with van der Waals surface area (Å²) in [6, 6.07) is 3.75. The highest BCUT2D eigenvalue weighted by atomic mass is 16.4. The number of aliphatic carboxylic acids is 1. The molecule has 1 aromatic rings. The molecule has 0 atom stereocenters. The van der Waals surface area contributed by atoms with Crippen LogP contribution in [0.25, 0.3) is 0 Å². The van der Waals surface area contributed by atoms with Gasteiger partial charge in [0.25, 0.3) is 0 Å². The predicted molar refractivity (Wildman–Crippen MR) is 54.5 cm³/mol. The zero-order valence-electron chi connectivity index (χ0n) is 8.70. The highest BCUT2D eigenvalue weighted by Gasteiger charge is 2.23. The molecule has 0 aromatic carbocycles. The number of carbonyl (C=O) groups is 2. The van der Waals surface area contributed by atoms with Gasteiger partial charge >= 0.3 is 11.9 Å². The number of nitrogens with one attached hydrogen (secondary N) is 2. The molecule has 0 radical (unpaired) electrons. The van der Waals surface area contributed by atoms with Crippen molar-refractivity contribution in [3.05, 3.63) is 24.0 Å². The van der Waals surface area contributed by atoms with E-state index >= 15 is 0 Å². The average molecular weight is 210 g/mol. The monoisotopic (exact) mass is 210 g/mol. The van der Waals surface area contributed by atoms with Crippen LogP contribution in [0.3, 0.4) is 0 Å². The van der Waals surface area contributed by atoms with E-state index in [2.05, 4.69) is 10.3 Å². The Balaban J connectivity index is 2.58. The van der Waals surface area contributed by atoms with Crippen LogP contribution >= 0.6 is 0 Å². The minimum absolute atomic E-state index is 0.276. The van der Waals surface area contributed by atoms with E-state index in [0.717, 1.165) is 5.69 Å². The number of H-pyrrole nitrogens is 1. The lowest BCUT2D eigenvalue weighted by Crippen LogP contribution is -2.40. The molecule has 0 unspecified atom stereocenters. The van der Waals surface area contributed by atoms with Crippen LogP contribution in [0.4, 0.5) is 0 Å². The zero-order valence-corrected chi connectivity index (χ0v) is 8.70. The number of hydrogen-bond acceptors (Lipinski definition) is 2. The molecule has 15 heavy (non-hydrogen) atoms. The number of aromatic amines is 1. The molecule has 5 nitrogen and oxygen atoms in total. The summed E-state index contributed by atoms with van der Waals surface area (Å²) >= 11 is 0. The van der Waals surface area contributed by atoms with Gasteiger partial charge in [-0.3, -0.25) is 4.79 Å². The smallest absolute Gasteiger partial charge is 0.394 e. The van der Waals surface area contributed by atoms with Gasteiger partial charge < -0.3 is 15.4 Å². The maximum atomic E-state index is 10.8. The van der Waals surface area contributed by atoms with Crippen LogP contribution in [0.15, 0.2) is 18.3 Å². The van der Waals surface area contributed by atoms with E-state index in [1.165, 1.54) is 0 Å². The average Bonchev–Trinajstić information content (AvgIpc) is 2.67. The Morgan fingerprint density at radius 2 is 2.20 bits per heavy atom. The first kappa shape index (κ1) is 11.3. The zero-order chi connectivity index (χ0) is 11.5. The number of carbonyl (C=O) groups excluding carboxylic acids is 1. The third-order valence-electron chi connectivity index (χ3n) is 2.21. The van der Waals surface area contributed by atoms with Gasteiger partial charge in [-0.1, -0.05) is 13.8 Å².